The number of ether oxygens (including phenoxy) is 1. The van der Waals surface area contributed by atoms with E-state index in [2.05, 4.69) is 22.9 Å². The van der Waals surface area contributed by atoms with Crippen LogP contribution in [0.4, 0.5) is 0 Å². The minimum atomic E-state index is -0.442. The fourth-order valence-corrected chi connectivity index (χ4v) is 2.58. The number of hydrogen-bond acceptors (Lipinski definition) is 3. The van der Waals surface area contributed by atoms with Gasteiger partial charge in [-0.05, 0) is 30.9 Å². The summed E-state index contributed by atoms with van der Waals surface area (Å²) < 4.78 is 7.01. The molecule has 2 rings (SSSR count). The average molecular weight is 286 g/mol. The van der Waals surface area contributed by atoms with Crippen molar-refractivity contribution in [2.45, 2.75) is 20.3 Å². The van der Waals surface area contributed by atoms with Crippen molar-refractivity contribution in [1.82, 2.24) is 4.57 Å². The molecule has 0 spiro atoms. The Balaban J connectivity index is 2.17. The van der Waals surface area contributed by atoms with Gasteiger partial charge in [0.1, 0.15) is 5.70 Å². The van der Waals surface area contributed by atoms with Crippen LogP contribution in [0.25, 0.3) is 10.9 Å². The Bertz CT molecular complexity index is 670. The molecule has 1 unspecified atom stereocenters. The first-order chi connectivity index (χ1) is 10.0. The number of nitrogens with zero attached hydrogens (tertiary/aromatic N) is 1. The van der Waals surface area contributed by atoms with Crippen LogP contribution >= 0.6 is 0 Å². The Hall–Kier alpha value is -2.23. The lowest BCUT2D eigenvalue weighted by atomic mass is 9.99. The molecule has 2 N–H and O–H groups in total. The first kappa shape index (κ1) is 15.2. The highest BCUT2D eigenvalue weighted by molar-refractivity contribution is 5.87. The van der Waals surface area contributed by atoms with Crippen molar-refractivity contribution < 1.29 is 9.53 Å². The Morgan fingerprint density at radius 2 is 2.14 bits per heavy atom. The van der Waals surface area contributed by atoms with Crippen LogP contribution < -0.4 is 5.73 Å². The molecule has 0 bridgehead atoms. The van der Waals surface area contributed by atoms with E-state index in [9.17, 15) is 4.79 Å². The van der Waals surface area contributed by atoms with Crippen molar-refractivity contribution in [2.75, 3.05) is 6.61 Å². The second-order valence-electron chi connectivity index (χ2n) is 5.31. The molecular weight excluding hydrogens is 264 g/mol. The van der Waals surface area contributed by atoms with E-state index in [1.54, 1.807) is 13.0 Å². The van der Waals surface area contributed by atoms with E-state index in [0.717, 1.165) is 6.42 Å². The third-order valence-corrected chi connectivity index (χ3v) is 3.50. The fourth-order valence-electron chi connectivity index (χ4n) is 2.58. The zero-order chi connectivity index (χ0) is 15.4. The van der Waals surface area contributed by atoms with Crippen LogP contribution in [0, 0.1) is 5.92 Å². The molecule has 0 saturated carbocycles. The fraction of sp³-hybridized carbons (Fsp3) is 0.353. The molecule has 1 aromatic carbocycles. The third kappa shape index (κ3) is 3.45. The molecule has 0 aliphatic heterocycles. The molecule has 112 valence electrons. The normalized spacial score (nSPS) is 13.4. The lowest BCUT2D eigenvalue weighted by Gasteiger charge is -2.07. The van der Waals surface area contributed by atoms with Crippen molar-refractivity contribution in [2.24, 2.45) is 18.7 Å². The summed E-state index contributed by atoms with van der Waals surface area (Å²) in [5, 5.41) is 1.25. The van der Waals surface area contributed by atoms with Gasteiger partial charge in [0.05, 0.1) is 6.61 Å². The maximum absolute atomic E-state index is 11.5. The van der Waals surface area contributed by atoms with E-state index in [-0.39, 0.29) is 11.6 Å². The topological polar surface area (TPSA) is 57.2 Å². The number of esters is 1. The molecule has 0 aliphatic carbocycles. The molecule has 0 radical (unpaired) electrons. The molecule has 0 aliphatic rings. The predicted molar refractivity (Wildman–Crippen MR) is 84.7 cm³/mol. The van der Waals surface area contributed by atoms with Gasteiger partial charge in [-0.15, -0.1) is 0 Å². The van der Waals surface area contributed by atoms with Gasteiger partial charge >= 0.3 is 5.97 Å². The highest BCUT2D eigenvalue weighted by Gasteiger charge is 2.11. The first-order valence-electron chi connectivity index (χ1n) is 7.20. The monoisotopic (exact) mass is 286 g/mol. The van der Waals surface area contributed by atoms with Gasteiger partial charge in [0.15, 0.2) is 0 Å². The zero-order valence-corrected chi connectivity index (χ0v) is 12.8. The Labute approximate surface area is 125 Å². The van der Waals surface area contributed by atoms with Gasteiger partial charge in [-0.2, -0.15) is 0 Å². The number of carbonyl (C=O) groups excluding carboxylic acids is 1. The quantitative estimate of drug-likeness (QED) is 0.679. The van der Waals surface area contributed by atoms with Crippen LogP contribution in [-0.4, -0.2) is 17.1 Å². The van der Waals surface area contributed by atoms with E-state index in [1.807, 2.05) is 26.1 Å². The molecule has 0 fully saturated rings. The highest BCUT2D eigenvalue weighted by Crippen LogP contribution is 2.23. The van der Waals surface area contributed by atoms with E-state index >= 15 is 0 Å². The van der Waals surface area contributed by atoms with Gasteiger partial charge in [-0.3, -0.25) is 0 Å². The van der Waals surface area contributed by atoms with Gasteiger partial charge in [0.2, 0.25) is 0 Å². The first-order valence-corrected chi connectivity index (χ1v) is 7.20. The largest absolute Gasteiger partial charge is 0.461 e. The molecule has 0 amide bonds. The van der Waals surface area contributed by atoms with E-state index in [4.69, 9.17) is 10.5 Å². The maximum atomic E-state index is 11.5. The summed E-state index contributed by atoms with van der Waals surface area (Å²) in [4.78, 5) is 11.5. The van der Waals surface area contributed by atoms with Crippen LogP contribution in [0.3, 0.4) is 0 Å². The summed E-state index contributed by atoms with van der Waals surface area (Å²) in [7, 11) is 2.04. The number of benzene rings is 1. The molecule has 0 saturated heterocycles. The number of rotatable bonds is 5. The zero-order valence-electron chi connectivity index (χ0n) is 12.8. The van der Waals surface area contributed by atoms with Crippen molar-refractivity contribution >= 4 is 16.9 Å². The summed E-state index contributed by atoms with van der Waals surface area (Å²) in [6.45, 7) is 4.16. The second kappa shape index (κ2) is 6.48. The number of allylic oxidation sites excluding steroid dienone is 1. The van der Waals surface area contributed by atoms with Crippen LogP contribution in [0.5, 0.6) is 0 Å². The molecule has 1 atom stereocenters. The maximum Gasteiger partial charge on any atom is 0.353 e. The van der Waals surface area contributed by atoms with Crippen molar-refractivity contribution in [3.63, 3.8) is 0 Å². The molecule has 1 heterocycles. The molecule has 2 aromatic rings. The van der Waals surface area contributed by atoms with E-state index < -0.39 is 5.97 Å². The minimum Gasteiger partial charge on any atom is -0.461 e. The predicted octanol–water partition coefficient (Wildman–Crippen LogP) is 2.76. The van der Waals surface area contributed by atoms with Crippen LogP contribution in [0.15, 0.2) is 42.2 Å². The average Bonchev–Trinajstić information content (AvgIpc) is 2.76. The molecule has 1 aromatic heterocycles. The van der Waals surface area contributed by atoms with Crippen molar-refractivity contribution in [1.29, 1.82) is 0 Å². The summed E-state index contributed by atoms with van der Waals surface area (Å²) >= 11 is 0. The number of fused-ring (bicyclic) bond motifs is 1. The third-order valence-electron chi connectivity index (χ3n) is 3.50. The van der Waals surface area contributed by atoms with E-state index in [0.29, 0.717) is 6.61 Å². The van der Waals surface area contributed by atoms with Gasteiger partial charge in [-0.25, -0.2) is 4.79 Å². The Morgan fingerprint density at radius 1 is 1.43 bits per heavy atom. The summed E-state index contributed by atoms with van der Waals surface area (Å²) in [6.07, 6.45) is 4.75. The summed E-state index contributed by atoms with van der Waals surface area (Å²) in [5.41, 5.74) is 8.41. The van der Waals surface area contributed by atoms with Gasteiger partial charge < -0.3 is 15.0 Å². The summed E-state index contributed by atoms with van der Waals surface area (Å²) in [5.74, 6) is -0.275. The Kier molecular flexibility index (Phi) is 4.68. The van der Waals surface area contributed by atoms with Gasteiger partial charge in [0, 0.05) is 24.1 Å². The lowest BCUT2D eigenvalue weighted by Crippen LogP contribution is -2.16. The van der Waals surface area contributed by atoms with Crippen LogP contribution in [-0.2, 0) is 23.0 Å². The highest BCUT2D eigenvalue weighted by atomic mass is 16.5. The number of carbonyl (C=O) groups is 1. The van der Waals surface area contributed by atoms with Gasteiger partial charge in [-0.1, -0.05) is 31.2 Å². The second-order valence-corrected chi connectivity index (χ2v) is 5.31. The van der Waals surface area contributed by atoms with E-state index in [1.165, 1.54) is 16.5 Å². The number of aryl methyl sites for hydroxylation is 1. The molecule has 4 heteroatoms. The van der Waals surface area contributed by atoms with Gasteiger partial charge in [0.25, 0.3) is 0 Å². The SMILES string of the molecule is CCOC(=O)C(N)=CC(C)Cc1cn(C)c2ccccc12. The standard InChI is InChI=1S/C17H22N2O2/c1-4-21-17(20)15(18)10-12(2)9-13-11-19(3)16-8-6-5-7-14(13)16/h5-8,10-12H,4,9,18H2,1-3H3. The van der Waals surface area contributed by atoms with Crippen LogP contribution in [0.1, 0.15) is 19.4 Å². The number of hydrogen-bond donors (Lipinski definition) is 1. The molecule has 4 nitrogen and oxygen atoms in total. The lowest BCUT2D eigenvalue weighted by molar-refractivity contribution is -0.138. The smallest absolute Gasteiger partial charge is 0.353 e. The Morgan fingerprint density at radius 3 is 2.86 bits per heavy atom. The molecular formula is C17H22N2O2. The van der Waals surface area contributed by atoms with Crippen molar-refractivity contribution in [3.8, 4) is 0 Å². The number of para-hydroxylation sites is 1. The van der Waals surface area contributed by atoms with Crippen molar-refractivity contribution in [3.05, 3.63) is 47.8 Å². The molecule has 21 heavy (non-hydrogen) atoms. The van der Waals surface area contributed by atoms with Crippen LogP contribution in [0.2, 0.25) is 0 Å². The number of aromatic nitrogens is 1. The summed E-state index contributed by atoms with van der Waals surface area (Å²) in [6, 6.07) is 8.30. The minimum absolute atomic E-state index is 0.167. The number of nitrogens with two attached hydrogens (primary N) is 1.